The second-order valence-electron chi connectivity index (χ2n) is 9.26. The van der Waals surface area contributed by atoms with Gasteiger partial charge in [0.2, 0.25) is 0 Å². The quantitative estimate of drug-likeness (QED) is 0.535. The average Bonchev–Trinajstić information content (AvgIpc) is 3.11. The van der Waals surface area contributed by atoms with Gasteiger partial charge in [-0.3, -0.25) is 19.6 Å². The number of aryl methyl sites for hydroxylation is 1. The lowest BCUT2D eigenvalue weighted by molar-refractivity contribution is -0.114. The number of carbonyl (C=O) groups is 1. The molecule has 1 saturated heterocycles. The number of nitrogens with zero attached hydrogens (tertiary/aromatic N) is 3. The molecule has 5 rings (SSSR count). The first-order chi connectivity index (χ1) is 15.9. The van der Waals surface area contributed by atoms with E-state index < -0.39 is 5.54 Å². The molecule has 1 fully saturated rings. The molecular formula is C28H28FN3O. The Labute approximate surface area is 194 Å². The van der Waals surface area contributed by atoms with E-state index in [9.17, 15) is 9.18 Å². The zero-order valence-electron chi connectivity index (χ0n) is 19.0. The predicted octanol–water partition coefficient (Wildman–Crippen LogP) is 5.52. The molecule has 4 nitrogen and oxygen atoms in total. The minimum absolute atomic E-state index is 0.0687. The third kappa shape index (κ3) is 4.09. The van der Waals surface area contributed by atoms with Crippen LogP contribution >= 0.6 is 0 Å². The number of halogens is 1. The predicted molar refractivity (Wildman–Crippen MR) is 129 cm³/mol. The number of amides is 1. The van der Waals surface area contributed by atoms with Gasteiger partial charge < -0.3 is 0 Å². The Morgan fingerprint density at radius 1 is 1.15 bits per heavy atom. The molecule has 168 valence electrons. The van der Waals surface area contributed by atoms with Gasteiger partial charge in [0.05, 0.1) is 5.54 Å². The molecule has 1 spiro atoms. The lowest BCUT2D eigenvalue weighted by Crippen LogP contribution is -2.56. The number of piperidine rings is 1. The molecule has 0 saturated carbocycles. The summed E-state index contributed by atoms with van der Waals surface area (Å²) < 4.78 is 13.9. The fraction of sp³-hybridized carbons (Fsp3) is 0.286. The van der Waals surface area contributed by atoms with Crippen molar-refractivity contribution in [2.75, 3.05) is 11.4 Å². The number of hydrogen-bond donors (Lipinski definition) is 0. The summed E-state index contributed by atoms with van der Waals surface area (Å²) in [6.45, 7) is 6.04. The molecule has 3 aromatic rings. The molecule has 1 aromatic heterocycles. The minimum atomic E-state index is -0.393. The molecule has 2 aliphatic heterocycles. The summed E-state index contributed by atoms with van der Waals surface area (Å²) in [6.07, 6.45) is 9.05. The van der Waals surface area contributed by atoms with Gasteiger partial charge in [0.1, 0.15) is 5.82 Å². The molecule has 2 unspecified atom stereocenters. The molecule has 0 radical (unpaired) electrons. The third-order valence-corrected chi connectivity index (χ3v) is 7.04. The number of rotatable bonds is 4. The highest BCUT2D eigenvalue weighted by molar-refractivity contribution is 6.06. The number of benzene rings is 2. The molecule has 0 N–H and O–H groups in total. The smallest absolute Gasteiger partial charge is 0.251 e. The largest absolute Gasteiger partial charge is 0.299 e. The van der Waals surface area contributed by atoms with Crippen LogP contribution in [0.2, 0.25) is 0 Å². The number of pyridine rings is 1. The zero-order chi connectivity index (χ0) is 23.0. The maximum atomic E-state index is 13.9. The molecule has 33 heavy (non-hydrogen) atoms. The molecular weight excluding hydrogens is 413 g/mol. The first-order valence-corrected chi connectivity index (χ1v) is 11.5. The van der Waals surface area contributed by atoms with Crippen LogP contribution in [-0.2, 0) is 11.3 Å². The summed E-state index contributed by atoms with van der Waals surface area (Å²) in [5, 5.41) is 0. The maximum absolute atomic E-state index is 13.9. The average molecular weight is 442 g/mol. The molecule has 0 aliphatic carbocycles. The van der Waals surface area contributed by atoms with E-state index in [-0.39, 0.29) is 17.8 Å². The van der Waals surface area contributed by atoms with E-state index in [4.69, 9.17) is 0 Å². The van der Waals surface area contributed by atoms with Crippen LogP contribution in [0.15, 0.2) is 79.1 Å². The number of hydrogen-bond acceptors (Lipinski definition) is 3. The van der Waals surface area contributed by atoms with Crippen LogP contribution < -0.4 is 4.90 Å². The van der Waals surface area contributed by atoms with Gasteiger partial charge in [0, 0.05) is 48.9 Å². The number of likely N-dealkylation sites (tertiary alicyclic amines) is 1. The number of anilines is 1. The third-order valence-electron chi connectivity index (χ3n) is 7.04. The fourth-order valence-corrected chi connectivity index (χ4v) is 5.32. The SMILES string of the molecule is Cc1ccncc1-c1cccc(CN2CCC3(C=CC(=O)N3c3cccc(F)c3)CC2C)c1. The highest BCUT2D eigenvalue weighted by atomic mass is 19.1. The van der Waals surface area contributed by atoms with E-state index >= 15 is 0 Å². The van der Waals surface area contributed by atoms with Gasteiger partial charge in [0.25, 0.3) is 5.91 Å². The van der Waals surface area contributed by atoms with Gasteiger partial charge in [-0.1, -0.05) is 30.3 Å². The highest BCUT2D eigenvalue weighted by Gasteiger charge is 2.46. The first kappa shape index (κ1) is 21.5. The minimum Gasteiger partial charge on any atom is -0.299 e. The highest BCUT2D eigenvalue weighted by Crippen LogP contribution is 2.41. The van der Waals surface area contributed by atoms with Gasteiger partial charge in [-0.2, -0.15) is 0 Å². The van der Waals surface area contributed by atoms with E-state index in [1.165, 1.54) is 28.8 Å². The van der Waals surface area contributed by atoms with Crippen molar-refractivity contribution in [3.8, 4) is 11.1 Å². The Kier molecular flexibility index (Phi) is 5.59. The van der Waals surface area contributed by atoms with E-state index in [1.54, 1.807) is 17.0 Å². The van der Waals surface area contributed by atoms with Crippen LogP contribution in [0.3, 0.4) is 0 Å². The van der Waals surface area contributed by atoms with Gasteiger partial charge in [-0.25, -0.2) is 4.39 Å². The van der Waals surface area contributed by atoms with E-state index in [0.29, 0.717) is 5.69 Å². The molecule has 2 aromatic carbocycles. The van der Waals surface area contributed by atoms with Crippen molar-refractivity contribution in [3.05, 3.63) is 96.1 Å². The van der Waals surface area contributed by atoms with Crippen molar-refractivity contribution in [1.29, 1.82) is 0 Å². The first-order valence-electron chi connectivity index (χ1n) is 11.5. The molecule has 2 aliphatic rings. The molecule has 5 heteroatoms. The maximum Gasteiger partial charge on any atom is 0.251 e. The second kappa shape index (κ2) is 8.56. The van der Waals surface area contributed by atoms with Crippen molar-refractivity contribution < 1.29 is 9.18 Å². The Morgan fingerprint density at radius 3 is 2.79 bits per heavy atom. The molecule has 2 atom stereocenters. The van der Waals surface area contributed by atoms with E-state index in [0.717, 1.165) is 31.5 Å². The Morgan fingerprint density at radius 2 is 2.00 bits per heavy atom. The van der Waals surface area contributed by atoms with Crippen LogP contribution in [0.4, 0.5) is 10.1 Å². The van der Waals surface area contributed by atoms with Crippen LogP contribution in [0.1, 0.15) is 30.9 Å². The lowest BCUT2D eigenvalue weighted by atomic mass is 9.82. The number of aromatic nitrogens is 1. The Hall–Kier alpha value is -3.31. The summed E-state index contributed by atoms with van der Waals surface area (Å²) in [5.74, 6) is -0.391. The lowest BCUT2D eigenvalue weighted by Gasteiger charge is -2.47. The van der Waals surface area contributed by atoms with Crippen LogP contribution in [0.5, 0.6) is 0 Å². The van der Waals surface area contributed by atoms with Gasteiger partial charge in [0.15, 0.2) is 0 Å². The van der Waals surface area contributed by atoms with Gasteiger partial charge >= 0.3 is 0 Å². The zero-order valence-corrected chi connectivity index (χ0v) is 19.0. The Balaban J connectivity index is 1.34. The molecule has 0 bridgehead atoms. The monoisotopic (exact) mass is 441 g/mol. The van der Waals surface area contributed by atoms with Crippen molar-refractivity contribution in [1.82, 2.24) is 9.88 Å². The summed E-state index contributed by atoms with van der Waals surface area (Å²) in [4.78, 5) is 21.3. The van der Waals surface area contributed by atoms with E-state index in [2.05, 4.69) is 48.0 Å². The van der Waals surface area contributed by atoms with Crippen LogP contribution in [0.25, 0.3) is 11.1 Å². The van der Waals surface area contributed by atoms with Crippen molar-refractivity contribution >= 4 is 11.6 Å². The Bertz CT molecular complexity index is 1220. The molecule has 1 amide bonds. The second-order valence-corrected chi connectivity index (χ2v) is 9.26. The van der Waals surface area contributed by atoms with Gasteiger partial charge in [-0.15, -0.1) is 0 Å². The summed E-state index contributed by atoms with van der Waals surface area (Å²) in [5.41, 5.74) is 5.05. The van der Waals surface area contributed by atoms with Crippen LogP contribution in [-0.4, -0.2) is 33.9 Å². The van der Waals surface area contributed by atoms with Crippen molar-refractivity contribution in [2.45, 2.75) is 44.8 Å². The summed E-state index contributed by atoms with van der Waals surface area (Å²) >= 11 is 0. The van der Waals surface area contributed by atoms with Crippen LogP contribution in [0, 0.1) is 12.7 Å². The van der Waals surface area contributed by atoms with Crippen molar-refractivity contribution in [2.24, 2.45) is 0 Å². The van der Waals surface area contributed by atoms with E-state index in [1.807, 2.05) is 30.6 Å². The molecule has 3 heterocycles. The van der Waals surface area contributed by atoms with Crippen molar-refractivity contribution in [3.63, 3.8) is 0 Å². The summed E-state index contributed by atoms with van der Waals surface area (Å²) in [6, 6.07) is 17.3. The van der Waals surface area contributed by atoms with Gasteiger partial charge in [-0.05, 0) is 73.7 Å². The topological polar surface area (TPSA) is 36.4 Å². The summed E-state index contributed by atoms with van der Waals surface area (Å²) in [7, 11) is 0. The number of carbonyl (C=O) groups excluding carboxylic acids is 1. The fourth-order valence-electron chi connectivity index (χ4n) is 5.32. The standard InChI is InChI=1S/C28H28FN3O/c1-20-10-13-30-18-26(20)23-6-3-5-22(15-23)19-31-14-12-28(17-21(31)2)11-9-27(33)32(28)25-8-4-7-24(29)16-25/h3-11,13,15-16,18,21H,12,14,17,19H2,1-2H3. The normalized spacial score (nSPS) is 22.9.